The fraction of sp³-hybridized carbons (Fsp3) is 0.556. The van der Waals surface area contributed by atoms with Gasteiger partial charge in [0.15, 0.2) is 0 Å². The fourth-order valence-corrected chi connectivity index (χ4v) is 0.689. The second-order valence-electron chi connectivity index (χ2n) is 2.43. The Bertz CT molecular complexity index is 175. The third-order valence-corrected chi connectivity index (χ3v) is 1.19. The van der Waals surface area contributed by atoms with Crippen molar-refractivity contribution in [1.29, 1.82) is 0 Å². The van der Waals surface area contributed by atoms with Crippen molar-refractivity contribution in [2.45, 2.75) is 21.3 Å². The van der Waals surface area contributed by atoms with Crippen LogP contribution in [0, 0.1) is 6.67 Å². The molecule has 0 atom stereocenters. The average Bonchev–Trinajstić information content (AvgIpc) is 2.54. The molecule has 0 amide bonds. The van der Waals surface area contributed by atoms with E-state index < -0.39 is 5.97 Å². The Hall–Kier alpha value is -0.238. The van der Waals surface area contributed by atoms with Crippen LogP contribution in [-0.4, -0.2) is 34.5 Å². The monoisotopic (exact) mass is 328 g/mol. The average molecular weight is 329 g/mol. The van der Waals surface area contributed by atoms with E-state index in [2.05, 4.69) is 52.4 Å². The summed E-state index contributed by atoms with van der Waals surface area (Å²) in [5.41, 5.74) is 0. The van der Waals surface area contributed by atoms with E-state index in [1.165, 1.54) is 0 Å². The number of aliphatic carboxylic acids is 1. The number of rotatable bonds is 1. The molecule has 1 aliphatic rings. The molecule has 15 heavy (non-hydrogen) atoms. The zero-order valence-corrected chi connectivity index (χ0v) is 10.7. The van der Waals surface area contributed by atoms with Crippen LogP contribution < -0.4 is 0 Å². The standard InChI is InChI=1S/C6H11N2.C2H4O2.CH4.ClH.Pd/c1-3-8-5-4-7(2)6-8;1-2(3)4;;;/h4-6H,3H2,1-2H3;1H3,(H,3,4);1H4;1H;/q-1;;;;+2/p-1. The van der Waals surface area contributed by atoms with Crippen molar-refractivity contribution in [3.63, 3.8) is 0 Å². The Morgan fingerprint density at radius 2 is 1.93 bits per heavy atom. The first-order valence-electron chi connectivity index (χ1n) is 3.88. The molecular formula is C9H19ClN2O2Pd. The van der Waals surface area contributed by atoms with E-state index in [0.717, 1.165) is 13.5 Å². The van der Waals surface area contributed by atoms with Crippen LogP contribution in [0.25, 0.3) is 0 Å². The van der Waals surface area contributed by atoms with Crippen LogP contribution >= 0.6 is 9.53 Å². The van der Waals surface area contributed by atoms with Gasteiger partial charge in [-0.15, -0.1) is 0 Å². The van der Waals surface area contributed by atoms with Crippen LogP contribution in [0.1, 0.15) is 21.3 Å². The van der Waals surface area contributed by atoms with E-state index in [1.807, 2.05) is 18.1 Å². The van der Waals surface area contributed by atoms with Crippen LogP contribution in [0.4, 0.5) is 0 Å². The fourth-order valence-electron chi connectivity index (χ4n) is 0.689. The summed E-state index contributed by atoms with van der Waals surface area (Å²) in [5.74, 6) is -0.833. The molecule has 0 aromatic rings. The van der Waals surface area contributed by atoms with Gasteiger partial charge in [0.2, 0.25) is 0 Å². The summed E-state index contributed by atoms with van der Waals surface area (Å²) in [5, 5.41) is 7.42. The van der Waals surface area contributed by atoms with E-state index in [4.69, 9.17) is 9.90 Å². The third kappa shape index (κ3) is 16.4. The molecule has 1 N–H and O–H groups in total. The molecule has 0 spiro atoms. The van der Waals surface area contributed by atoms with Crippen molar-refractivity contribution >= 4 is 15.5 Å². The van der Waals surface area contributed by atoms with Gasteiger partial charge in [-0.2, -0.15) is 6.67 Å². The Kier molecular flexibility index (Phi) is 18.5. The quantitative estimate of drug-likeness (QED) is 0.592. The molecule has 1 heterocycles. The normalized spacial score (nSPS) is 11.9. The van der Waals surface area contributed by atoms with E-state index in [1.54, 1.807) is 0 Å². The van der Waals surface area contributed by atoms with Crippen LogP contribution in [0.15, 0.2) is 12.4 Å². The molecule has 0 aromatic heterocycles. The molecule has 0 aliphatic carbocycles. The summed E-state index contributed by atoms with van der Waals surface area (Å²) in [6.07, 6.45) is 4.09. The van der Waals surface area contributed by atoms with Crippen molar-refractivity contribution in [3.05, 3.63) is 19.1 Å². The van der Waals surface area contributed by atoms with Crippen molar-refractivity contribution in [2.24, 2.45) is 0 Å². The van der Waals surface area contributed by atoms with Gasteiger partial charge in [-0.05, 0) is 26.0 Å². The molecule has 0 saturated heterocycles. The Morgan fingerprint density at radius 1 is 1.53 bits per heavy atom. The number of carboxylic acids is 1. The van der Waals surface area contributed by atoms with Gasteiger partial charge in [-0.25, -0.2) is 0 Å². The number of carbonyl (C=O) groups is 1. The molecule has 0 fully saturated rings. The van der Waals surface area contributed by atoms with Gasteiger partial charge in [0.25, 0.3) is 5.97 Å². The van der Waals surface area contributed by atoms with Crippen molar-refractivity contribution < 1.29 is 28.1 Å². The first kappa shape index (κ1) is 20.2. The zero-order valence-electron chi connectivity index (χ0n) is 8.38. The molecule has 0 radical (unpaired) electrons. The maximum absolute atomic E-state index is 9.00. The maximum atomic E-state index is 9.00. The Labute approximate surface area is 107 Å². The van der Waals surface area contributed by atoms with E-state index in [0.29, 0.717) is 0 Å². The predicted octanol–water partition coefficient (Wildman–Crippen LogP) is 2.26. The van der Waals surface area contributed by atoms with Crippen LogP contribution in [0.2, 0.25) is 0 Å². The SMILES string of the molecule is C.CC(=O)O.CCN1C=CN(C)[CH-]1.[Cl][Pd+]. The molecule has 4 nitrogen and oxygen atoms in total. The predicted molar refractivity (Wildman–Crippen MR) is 59.5 cm³/mol. The first-order chi connectivity index (χ1) is 6.56. The summed E-state index contributed by atoms with van der Waals surface area (Å²) in [6, 6.07) is 0. The number of halogens is 1. The minimum atomic E-state index is -0.833. The summed E-state index contributed by atoms with van der Waals surface area (Å²) in [7, 11) is 6.51. The van der Waals surface area contributed by atoms with Crippen molar-refractivity contribution in [1.82, 2.24) is 9.80 Å². The zero-order chi connectivity index (χ0) is 11.6. The Morgan fingerprint density at radius 3 is 2.07 bits per heavy atom. The number of hydrogen-bond donors (Lipinski definition) is 1. The first-order valence-corrected chi connectivity index (χ1v) is 5.89. The van der Waals surface area contributed by atoms with Gasteiger partial charge >= 0.3 is 27.7 Å². The second-order valence-corrected chi connectivity index (χ2v) is 2.43. The molecule has 0 aromatic carbocycles. The van der Waals surface area contributed by atoms with E-state index >= 15 is 0 Å². The molecule has 6 heteroatoms. The molecule has 94 valence electrons. The molecule has 0 saturated carbocycles. The van der Waals surface area contributed by atoms with Crippen LogP contribution in [0.3, 0.4) is 0 Å². The van der Waals surface area contributed by atoms with Crippen molar-refractivity contribution in [3.8, 4) is 0 Å². The minimum absolute atomic E-state index is 0. The van der Waals surface area contributed by atoms with Gasteiger partial charge in [0.05, 0.1) is 0 Å². The molecule has 1 rings (SSSR count). The van der Waals surface area contributed by atoms with Crippen LogP contribution in [-0.2, 0) is 23.0 Å². The summed E-state index contributed by atoms with van der Waals surface area (Å²) < 4.78 is 0. The topological polar surface area (TPSA) is 43.8 Å². The number of hydrogen-bond acceptors (Lipinski definition) is 3. The van der Waals surface area contributed by atoms with Gasteiger partial charge in [0.1, 0.15) is 0 Å². The number of nitrogens with zero attached hydrogens (tertiary/aromatic N) is 2. The summed E-state index contributed by atoms with van der Waals surface area (Å²) in [6.45, 7) is 6.32. The molecular weight excluding hydrogens is 310 g/mol. The van der Waals surface area contributed by atoms with Gasteiger partial charge < -0.3 is 14.9 Å². The van der Waals surface area contributed by atoms with Crippen molar-refractivity contribution in [2.75, 3.05) is 13.6 Å². The Balaban J connectivity index is -0.000000179. The molecule has 0 unspecified atom stereocenters. The van der Waals surface area contributed by atoms with Crippen LogP contribution in [0.5, 0.6) is 0 Å². The molecule has 1 aliphatic heterocycles. The van der Waals surface area contributed by atoms with Gasteiger partial charge in [-0.3, -0.25) is 4.79 Å². The second kappa shape index (κ2) is 13.8. The molecule has 0 bridgehead atoms. The summed E-state index contributed by atoms with van der Waals surface area (Å²) in [4.78, 5) is 13.2. The third-order valence-electron chi connectivity index (χ3n) is 1.19. The summed E-state index contributed by atoms with van der Waals surface area (Å²) >= 11 is 2.22. The van der Waals surface area contributed by atoms with E-state index in [9.17, 15) is 0 Å². The van der Waals surface area contributed by atoms with Gasteiger partial charge in [0, 0.05) is 6.92 Å². The van der Waals surface area contributed by atoms with Gasteiger partial charge in [-0.1, -0.05) is 14.4 Å². The van der Waals surface area contributed by atoms with E-state index in [-0.39, 0.29) is 7.43 Å². The number of carboxylic acid groups (broad SMARTS) is 1.